The quantitative estimate of drug-likeness (QED) is 0.751. The van der Waals surface area contributed by atoms with Crippen molar-refractivity contribution in [2.24, 2.45) is 7.05 Å². The molecule has 0 unspecified atom stereocenters. The van der Waals surface area contributed by atoms with Gasteiger partial charge in [0.25, 0.3) is 0 Å². The van der Waals surface area contributed by atoms with Crippen molar-refractivity contribution in [1.82, 2.24) is 15.1 Å². The van der Waals surface area contributed by atoms with E-state index in [9.17, 15) is 9.90 Å². The van der Waals surface area contributed by atoms with Gasteiger partial charge in [0.1, 0.15) is 16.9 Å². The first-order valence-corrected chi connectivity index (χ1v) is 6.58. The van der Waals surface area contributed by atoms with E-state index in [0.717, 1.165) is 5.69 Å². The number of fused-ring (bicyclic) bond motifs is 1. The van der Waals surface area contributed by atoms with Gasteiger partial charge < -0.3 is 14.8 Å². The lowest BCUT2D eigenvalue weighted by Crippen LogP contribution is -2.16. The smallest absolute Gasteiger partial charge is 0.339 e. The van der Waals surface area contributed by atoms with Crippen molar-refractivity contribution in [2.75, 3.05) is 0 Å². The summed E-state index contributed by atoms with van der Waals surface area (Å²) in [5.74, 6) is -0.539. The standard InChI is InChI=1S/C15H15N3O3/c1-18-10(6-7-17-18)8-16-9-13-14(15(19)20)11-4-2-3-5-12(11)21-13/h2-7,16H,8-9H2,1H3,(H,19,20). The Kier molecular flexibility index (Phi) is 3.45. The molecule has 21 heavy (non-hydrogen) atoms. The van der Waals surface area contributed by atoms with Crippen LogP contribution in [0.3, 0.4) is 0 Å². The molecule has 2 aromatic heterocycles. The van der Waals surface area contributed by atoms with Crippen LogP contribution in [0.15, 0.2) is 40.9 Å². The highest BCUT2D eigenvalue weighted by Crippen LogP contribution is 2.25. The van der Waals surface area contributed by atoms with Crippen molar-refractivity contribution in [2.45, 2.75) is 13.1 Å². The van der Waals surface area contributed by atoms with Crippen LogP contribution in [0.5, 0.6) is 0 Å². The zero-order valence-electron chi connectivity index (χ0n) is 11.5. The van der Waals surface area contributed by atoms with Crippen LogP contribution in [0, 0.1) is 0 Å². The molecule has 1 aromatic carbocycles. The summed E-state index contributed by atoms with van der Waals surface area (Å²) in [7, 11) is 1.86. The van der Waals surface area contributed by atoms with Crippen LogP contribution in [0.1, 0.15) is 21.8 Å². The van der Waals surface area contributed by atoms with Gasteiger partial charge in [0.2, 0.25) is 0 Å². The van der Waals surface area contributed by atoms with Crippen LogP contribution in [0.25, 0.3) is 11.0 Å². The number of rotatable bonds is 5. The molecule has 0 fully saturated rings. The Labute approximate surface area is 121 Å². The van der Waals surface area contributed by atoms with E-state index in [1.165, 1.54) is 0 Å². The maximum Gasteiger partial charge on any atom is 0.339 e. The molecule has 6 heteroatoms. The number of carbonyl (C=O) groups is 1. The molecular formula is C15H15N3O3. The van der Waals surface area contributed by atoms with Gasteiger partial charge in [0.15, 0.2) is 0 Å². The molecule has 6 nitrogen and oxygen atoms in total. The fourth-order valence-corrected chi connectivity index (χ4v) is 2.33. The Morgan fingerprint density at radius 2 is 2.14 bits per heavy atom. The van der Waals surface area contributed by atoms with E-state index in [4.69, 9.17) is 4.42 Å². The van der Waals surface area contributed by atoms with E-state index in [2.05, 4.69) is 10.4 Å². The first-order chi connectivity index (χ1) is 10.2. The highest BCUT2D eigenvalue weighted by atomic mass is 16.4. The summed E-state index contributed by atoms with van der Waals surface area (Å²) < 4.78 is 7.41. The number of nitrogens with one attached hydrogen (secondary N) is 1. The number of hydrogen-bond acceptors (Lipinski definition) is 4. The third-order valence-corrected chi connectivity index (χ3v) is 3.40. The number of carboxylic acids is 1. The number of benzene rings is 1. The second-order valence-corrected chi connectivity index (χ2v) is 4.75. The third-order valence-electron chi connectivity index (χ3n) is 3.40. The normalized spacial score (nSPS) is 11.1. The topological polar surface area (TPSA) is 80.3 Å². The van der Waals surface area contributed by atoms with Gasteiger partial charge in [-0.25, -0.2) is 4.79 Å². The average Bonchev–Trinajstić information content (AvgIpc) is 3.02. The molecule has 2 heterocycles. The lowest BCUT2D eigenvalue weighted by Gasteiger charge is -2.04. The lowest BCUT2D eigenvalue weighted by molar-refractivity contribution is 0.0696. The number of aromatic nitrogens is 2. The first-order valence-electron chi connectivity index (χ1n) is 6.58. The Balaban J connectivity index is 1.82. The van der Waals surface area contributed by atoms with E-state index >= 15 is 0 Å². The SMILES string of the molecule is Cn1nccc1CNCc1oc2ccccc2c1C(=O)O. The maximum absolute atomic E-state index is 11.4. The fourth-order valence-electron chi connectivity index (χ4n) is 2.33. The van der Waals surface area contributed by atoms with E-state index in [1.807, 2.05) is 19.2 Å². The second kappa shape index (κ2) is 5.41. The largest absolute Gasteiger partial charge is 0.478 e. The molecule has 0 bridgehead atoms. The summed E-state index contributed by atoms with van der Waals surface area (Å²) >= 11 is 0. The van der Waals surface area contributed by atoms with E-state index in [-0.39, 0.29) is 5.56 Å². The van der Waals surface area contributed by atoms with Crippen LogP contribution in [0.2, 0.25) is 0 Å². The van der Waals surface area contributed by atoms with Gasteiger partial charge in [0.05, 0.1) is 12.2 Å². The minimum Gasteiger partial charge on any atom is -0.478 e. The van der Waals surface area contributed by atoms with Gasteiger partial charge in [0, 0.05) is 25.2 Å². The molecule has 0 spiro atoms. The summed E-state index contributed by atoms with van der Waals surface area (Å²) in [4.78, 5) is 11.4. The van der Waals surface area contributed by atoms with E-state index in [0.29, 0.717) is 29.8 Å². The van der Waals surface area contributed by atoms with Gasteiger partial charge in [-0.3, -0.25) is 4.68 Å². The van der Waals surface area contributed by atoms with Gasteiger partial charge in [-0.05, 0) is 12.1 Å². The summed E-state index contributed by atoms with van der Waals surface area (Å²) in [6.45, 7) is 0.939. The second-order valence-electron chi connectivity index (χ2n) is 4.75. The molecular weight excluding hydrogens is 270 g/mol. The summed E-state index contributed by atoms with van der Waals surface area (Å²) in [6.07, 6.45) is 1.72. The molecule has 0 aliphatic heterocycles. The summed E-state index contributed by atoms with van der Waals surface area (Å²) in [5, 5.41) is 17.3. The summed E-state index contributed by atoms with van der Waals surface area (Å²) in [6, 6.07) is 9.06. The Bertz CT molecular complexity index is 788. The first kappa shape index (κ1) is 13.4. The fraction of sp³-hybridized carbons (Fsp3) is 0.200. The molecule has 108 valence electrons. The predicted molar refractivity (Wildman–Crippen MR) is 76.9 cm³/mol. The van der Waals surface area contributed by atoms with Crippen molar-refractivity contribution >= 4 is 16.9 Å². The van der Waals surface area contributed by atoms with Gasteiger partial charge in [-0.15, -0.1) is 0 Å². The number of aryl methyl sites for hydroxylation is 1. The van der Waals surface area contributed by atoms with Crippen molar-refractivity contribution in [3.8, 4) is 0 Å². The van der Waals surface area contributed by atoms with Crippen LogP contribution < -0.4 is 5.32 Å². The average molecular weight is 285 g/mol. The number of nitrogens with zero attached hydrogens (tertiary/aromatic N) is 2. The molecule has 0 saturated carbocycles. The number of carboxylic acid groups (broad SMARTS) is 1. The maximum atomic E-state index is 11.4. The Hall–Kier alpha value is -2.60. The zero-order chi connectivity index (χ0) is 14.8. The number of hydrogen-bond donors (Lipinski definition) is 2. The Morgan fingerprint density at radius 3 is 2.86 bits per heavy atom. The number of para-hydroxylation sites is 1. The van der Waals surface area contributed by atoms with Gasteiger partial charge in [-0.1, -0.05) is 18.2 Å². The zero-order valence-corrected chi connectivity index (χ0v) is 11.5. The molecule has 0 aliphatic rings. The lowest BCUT2D eigenvalue weighted by atomic mass is 10.1. The van der Waals surface area contributed by atoms with Crippen molar-refractivity contribution in [3.63, 3.8) is 0 Å². The summed E-state index contributed by atoms with van der Waals surface area (Å²) in [5.41, 5.74) is 1.83. The predicted octanol–water partition coefficient (Wildman–Crippen LogP) is 2.15. The minimum absolute atomic E-state index is 0.225. The van der Waals surface area contributed by atoms with Crippen molar-refractivity contribution in [3.05, 3.63) is 53.5 Å². The van der Waals surface area contributed by atoms with Crippen LogP contribution >= 0.6 is 0 Å². The molecule has 3 aromatic rings. The monoisotopic (exact) mass is 285 g/mol. The molecule has 0 amide bonds. The van der Waals surface area contributed by atoms with Crippen LogP contribution in [-0.2, 0) is 20.1 Å². The van der Waals surface area contributed by atoms with E-state index < -0.39 is 5.97 Å². The number of furan rings is 1. The van der Waals surface area contributed by atoms with Crippen molar-refractivity contribution in [1.29, 1.82) is 0 Å². The Morgan fingerprint density at radius 1 is 1.33 bits per heavy atom. The van der Waals surface area contributed by atoms with Crippen molar-refractivity contribution < 1.29 is 14.3 Å². The van der Waals surface area contributed by atoms with Gasteiger partial charge >= 0.3 is 5.97 Å². The third kappa shape index (κ3) is 2.53. The molecule has 0 atom stereocenters. The highest BCUT2D eigenvalue weighted by Gasteiger charge is 2.19. The molecule has 0 aliphatic carbocycles. The molecule has 0 radical (unpaired) electrons. The van der Waals surface area contributed by atoms with Crippen LogP contribution in [0.4, 0.5) is 0 Å². The molecule has 3 rings (SSSR count). The van der Waals surface area contributed by atoms with E-state index in [1.54, 1.807) is 29.1 Å². The number of aromatic carboxylic acids is 1. The van der Waals surface area contributed by atoms with Crippen LogP contribution in [-0.4, -0.2) is 20.9 Å². The van der Waals surface area contributed by atoms with Gasteiger partial charge in [-0.2, -0.15) is 5.10 Å². The minimum atomic E-state index is -0.975. The highest BCUT2D eigenvalue weighted by molar-refractivity contribution is 6.03. The molecule has 0 saturated heterocycles. The molecule has 2 N–H and O–H groups in total.